The van der Waals surface area contributed by atoms with Gasteiger partial charge in [-0.2, -0.15) is 19.4 Å². The Labute approximate surface area is 94.7 Å². The van der Waals surface area contributed by atoms with Crippen molar-refractivity contribution in [2.75, 3.05) is 0 Å². The van der Waals surface area contributed by atoms with Crippen LogP contribution in [-0.4, -0.2) is 24.5 Å². The highest BCUT2D eigenvalue weighted by Gasteiger charge is 2.15. The summed E-state index contributed by atoms with van der Waals surface area (Å²) in [4.78, 5) is 30.0. The third-order valence-corrected chi connectivity index (χ3v) is 1.92. The van der Waals surface area contributed by atoms with E-state index in [4.69, 9.17) is 0 Å². The Balaban J connectivity index is 3.71. The molecule has 0 aromatic carbocycles. The first-order chi connectivity index (χ1) is 7.49. The lowest BCUT2D eigenvalue weighted by Gasteiger charge is -2.11. The Bertz CT molecular complexity index is 203. The smallest absolute Gasteiger partial charge is 0.429 e. The number of ether oxygens (including phenoxy) is 2. The van der Waals surface area contributed by atoms with E-state index in [1.807, 2.05) is 13.8 Å². The van der Waals surface area contributed by atoms with Crippen molar-refractivity contribution in [2.24, 2.45) is 0 Å². The molecule has 0 aromatic rings. The fourth-order valence-electron chi connectivity index (χ4n) is 0.603. The Morgan fingerprint density at radius 3 is 1.44 bits per heavy atom. The van der Waals surface area contributed by atoms with Gasteiger partial charge in [0.1, 0.15) is 12.2 Å². The van der Waals surface area contributed by atoms with E-state index in [0.717, 1.165) is 0 Å². The molecule has 0 amide bonds. The molecule has 0 bridgehead atoms. The van der Waals surface area contributed by atoms with Crippen molar-refractivity contribution in [1.29, 1.82) is 0 Å². The first kappa shape index (κ1) is 14.5. The largest absolute Gasteiger partial charge is 0.550 e. The molecule has 2 atom stereocenters. The van der Waals surface area contributed by atoms with Gasteiger partial charge in [-0.1, -0.05) is 13.8 Å². The quantitative estimate of drug-likeness (QED) is 0.423. The van der Waals surface area contributed by atoms with Gasteiger partial charge in [-0.25, -0.2) is 0 Å². The molecule has 0 spiro atoms. The topological polar surface area (TPSA) is 71.1 Å². The van der Waals surface area contributed by atoms with Crippen molar-refractivity contribution in [2.45, 2.75) is 52.7 Å². The van der Waals surface area contributed by atoms with E-state index in [1.54, 1.807) is 13.8 Å². The molecule has 0 saturated carbocycles. The second kappa shape index (κ2) is 7.78. The molecule has 16 heavy (non-hydrogen) atoms. The standard InChI is InChI=1S/C10H18O6/c1-5-7(3)13-9(11)15-16-10(12)14-8(4)6-2/h7-8H,5-6H2,1-4H3/t7-,8-/m0/s1. The van der Waals surface area contributed by atoms with Gasteiger partial charge >= 0.3 is 12.3 Å². The summed E-state index contributed by atoms with van der Waals surface area (Å²) in [7, 11) is 0. The van der Waals surface area contributed by atoms with E-state index in [-0.39, 0.29) is 12.2 Å². The van der Waals surface area contributed by atoms with Crippen LogP contribution >= 0.6 is 0 Å². The Kier molecular flexibility index (Phi) is 7.07. The predicted molar refractivity (Wildman–Crippen MR) is 54.6 cm³/mol. The van der Waals surface area contributed by atoms with Crippen molar-refractivity contribution < 1.29 is 28.8 Å². The molecule has 94 valence electrons. The van der Waals surface area contributed by atoms with Gasteiger partial charge in [0.2, 0.25) is 0 Å². The molecule has 0 fully saturated rings. The predicted octanol–water partition coefficient (Wildman–Crippen LogP) is 2.80. The van der Waals surface area contributed by atoms with E-state index in [0.29, 0.717) is 12.8 Å². The zero-order valence-corrected chi connectivity index (χ0v) is 10.0. The fraction of sp³-hybridized carbons (Fsp3) is 0.800. The third kappa shape index (κ3) is 6.92. The Morgan fingerprint density at radius 2 is 1.19 bits per heavy atom. The van der Waals surface area contributed by atoms with Gasteiger partial charge in [-0.15, -0.1) is 0 Å². The molecule has 0 aliphatic rings. The van der Waals surface area contributed by atoms with Gasteiger partial charge in [0.15, 0.2) is 0 Å². The summed E-state index contributed by atoms with van der Waals surface area (Å²) >= 11 is 0. The molecular formula is C10H18O6. The maximum atomic E-state index is 10.9. The summed E-state index contributed by atoms with van der Waals surface area (Å²) in [5.41, 5.74) is 0. The monoisotopic (exact) mass is 234 g/mol. The van der Waals surface area contributed by atoms with E-state index < -0.39 is 12.3 Å². The lowest BCUT2D eigenvalue weighted by Crippen LogP contribution is -2.20. The van der Waals surface area contributed by atoms with Crippen LogP contribution in [0.3, 0.4) is 0 Å². The minimum atomic E-state index is -1.06. The molecule has 0 rings (SSSR count). The zero-order valence-electron chi connectivity index (χ0n) is 10.0. The summed E-state index contributed by atoms with van der Waals surface area (Å²) in [6, 6.07) is 0. The van der Waals surface area contributed by atoms with E-state index in [9.17, 15) is 9.59 Å². The summed E-state index contributed by atoms with van der Waals surface area (Å²) in [6.07, 6.45) is -1.41. The van der Waals surface area contributed by atoms with Crippen LogP contribution in [0.5, 0.6) is 0 Å². The number of hydrogen-bond acceptors (Lipinski definition) is 6. The zero-order chi connectivity index (χ0) is 12.6. The van der Waals surface area contributed by atoms with Crippen LogP contribution < -0.4 is 0 Å². The number of hydrogen-bond donors (Lipinski definition) is 0. The molecule has 0 N–H and O–H groups in total. The molecule has 0 unspecified atom stereocenters. The molecule has 6 heteroatoms. The lowest BCUT2D eigenvalue weighted by atomic mass is 10.3. The van der Waals surface area contributed by atoms with Crippen LogP contribution in [0.15, 0.2) is 0 Å². The second-order valence-electron chi connectivity index (χ2n) is 3.34. The molecule has 0 aliphatic carbocycles. The summed E-state index contributed by atoms with van der Waals surface area (Å²) in [6.45, 7) is 7.07. The summed E-state index contributed by atoms with van der Waals surface area (Å²) < 4.78 is 9.37. The van der Waals surface area contributed by atoms with Gasteiger partial charge < -0.3 is 9.47 Å². The summed E-state index contributed by atoms with van der Waals surface area (Å²) in [5, 5.41) is 0. The van der Waals surface area contributed by atoms with Crippen LogP contribution in [0, 0.1) is 0 Å². The van der Waals surface area contributed by atoms with Crippen LogP contribution in [-0.2, 0) is 19.2 Å². The minimum Gasteiger partial charge on any atom is -0.429 e. The fourth-order valence-corrected chi connectivity index (χ4v) is 0.603. The van der Waals surface area contributed by atoms with E-state index in [1.165, 1.54) is 0 Å². The number of carbonyl (C=O) groups is 2. The Morgan fingerprint density at radius 1 is 0.875 bits per heavy atom. The maximum absolute atomic E-state index is 10.9. The first-order valence-corrected chi connectivity index (χ1v) is 5.25. The van der Waals surface area contributed by atoms with Crippen LogP contribution in [0.2, 0.25) is 0 Å². The highest BCUT2D eigenvalue weighted by Crippen LogP contribution is 2.02. The average Bonchev–Trinajstić information content (AvgIpc) is 2.26. The minimum absolute atomic E-state index is 0.290. The van der Waals surface area contributed by atoms with Gasteiger partial charge in [-0.05, 0) is 26.7 Å². The molecule has 0 aromatic heterocycles. The van der Waals surface area contributed by atoms with Crippen LogP contribution in [0.4, 0.5) is 9.59 Å². The van der Waals surface area contributed by atoms with Crippen molar-refractivity contribution in [3.05, 3.63) is 0 Å². The molecule has 0 saturated heterocycles. The van der Waals surface area contributed by atoms with Crippen molar-refractivity contribution in [3.8, 4) is 0 Å². The van der Waals surface area contributed by atoms with Gasteiger partial charge in [0.25, 0.3) is 0 Å². The lowest BCUT2D eigenvalue weighted by molar-refractivity contribution is -0.223. The van der Waals surface area contributed by atoms with Crippen LogP contribution in [0.1, 0.15) is 40.5 Å². The molecule has 0 radical (unpaired) electrons. The van der Waals surface area contributed by atoms with E-state index in [2.05, 4.69) is 19.2 Å². The molecule has 0 aliphatic heterocycles. The summed E-state index contributed by atoms with van der Waals surface area (Å²) in [5.74, 6) is 0. The number of rotatable bonds is 4. The van der Waals surface area contributed by atoms with Gasteiger partial charge in [0, 0.05) is 0 Å². The van der Waals surface area contributed by atoms with Crippen molar-refractivity contribution in [1.82, 2.24) is 0 Å². The van der Waals surface area contributed by atoms with Crippen LogP contribution in [0.25, 0.3) is 0 Å². The molecular weight excluding hydrogens is 216 g/mol. The highest BCUT2D eigenvalue weighted by atomic mass is 17.3. The first-order valence-electron chi connectivity index (χ1n) is 5.25. The number of carbonyl (C=O) groups excluding carboxylic acids is 2. The second-order valence-corrected chi connectivity index (χ2v) is 3.34. The molecule has 0 heterocycles. The van der Waals surface area contributed by atoms with E-state index >= 15 is 0 Å². The van der Waals surface area contributed by atoms with Gasteiger partial charge in [0.05, 0.1) is 0 Å². The van der Waals surface area contributed by atoms with Crippen molar-refractivity contribution >= 4 is 12.3 Å². The third-order valence-electron chi connectivity index (χ3n) is 1.92. The Hall–Kier alpha value is -1.46. The normalized spacial score (nSPS) is 13.5. The highest BCUT2D eigenvalue weighted by molar-refractivity contribution is 5.63. The molecule has 6 nitrogen and oxygen atoms in total. The SMILES string of the molecule is CC[C@H](C)OC(=O)OOC(=O)O[C@@H](C)CC. The average molecular weight is 234 g/mol. The van der Waals surface area contributed by atoms with Crippen molar-refractivity contribution in [3.63, 3.8) is 0 Å². The van der Waals surface area contributed by atoms with Gasteiger partial charge in [-0.3, -0.25) is 0 Å². The maximum Gasteiger partial charge on any atom is 0.550 e.